The summed E-state index contributed by atoms with van der Waals surface area (Å²) in [6.45, 7) is 0.363. The van der Waals surface area contributed by atoms with Crippen molar-refractivity contribution in [3.8, 4) is 0 Å². The van der Waals surface area contributed by atoms with Gasteiger partial charge in [0.15, 0.2) is 0 Å². The lowest BCUT2D eigenvalue weighted by atomic mass is 10.3. The van der Waals surface area contributed by atoms with Crippen LogP contribution in [0.15, 0.2) is 24.4 Å². The number of hydrogen-bond acceptors (Lipinski definition) is 4. The fraction of sp³-hybridized carbons (Fsp3) is 0.455. The first-order valence-corrected chi connectivity index (χ1v) is 7.71. The van der Waals surface area contributed by atoms with Crippen molar-refractivity contribution in [3.63, 3.8) is 0 Å². The van der Waals surface area contributed by atoms with Gasteiger partial charge in [-0.3, -0.25) is 4.98 Å². The molecule has 0 aromatic carbocycles. The quantitative estimate of drug-likeness (QED) is 0.540. The van der Waals surface area contributed by atoms with E-state index >= 15 is 0 Å². The van der Waals surface area contributed by atoms with E-state index in [0.29, 0.717) is 30.8 Å². The second kappa shape index (κ2) is 7.40. The van der Waals surface area contributed by atoms with Crippen molar-refractivity contribution in [1.82, 2.24) is 9.71 Å². The molecule has 0 aliphatic rings. The maximum absolute atomic E-state index is 11.6. The summed E-state index contributed by atoms with van der Waals surface area (Å²) in [5.41, 5.74) is 6.09. The summed E-state index contributed by atoms with van der Waals surface area (Å²) < 4.78 is 25.8. The monoisotopic (exact) mass is 287 g/mol. The molecule has 1 aromatic rings. The minimum atomic E-state index is -3.25. The summed E-state index contributed by atoms with van der Waals surface area (Å²) >= 11 is 4.71. The van der Waals surface area contributed by atoms with Crippen LogP contribution in [0.5, 0.6) is 0 Å². The van der Waals surface area contributed by atoms with E-state index in [1.54, 1.807) is 12.3 Å². The zero-order valence-corrected chi connectivity index (χ0v) is 11.6. The SMILES string of the molecule is NC(=S)CCCNS(=O)(=O)CCc1ccccn1. The van der Waals surface area contributed by atoms with Gasteiger partial charge in [0.1, 0.15) is 0 Å². The van der Waals surface area contributed by atoms with E-state index in [1.807, 2.05) is 12.1 Å². The Morgan fingerprint density at radius 2 is 2.22 bits per heavy atom. The lowest BCUT2D eigenvalue weighted by molar-refractivity contribution is 0.579. The van der Waals surface area contributed by atoms with Crippen LogP contribution in [-0.4, -0.2) is 30.7 Å². The van der Waals surface area contributed by atoms with E-state index in [-0.39, 0.29) is 5.75 Å². The molecule has 0 unspecified atom stereocenters. The van der Waals surface area contributed by atoms with Gasteiger partial charge >= 0.3 is 0 Å². The Morgan fingerprint density at radius 1 is 1.44 bits per heavy atom. The van der Waals surface area contributed by atoms with Crippen molar-refractivity contribution >= 4 is 27.2 Å². The lowest BCUT2D eigenvalue weighted by Crippen LogP contribution is -2.28. The lowest BCUT2D eigenvalue weighted by Gasteiger charge is -2.06. The van der Waals surface area contributed by atoms with Crippen molar-refractivity contribution < 1.29 is 8.42 Å². The van der Waals surface area contributed by atoms with E-state index in [0.717, 1.165) is 5.69 Å². The van der Waals surface area contributed by atoms with Gasteiger partial charge < -0.3 is 5.73 Å². The first-order chi connectivity index (χ1) is 8.49. The third-order valence-electron chi connectivity index (χ3n) is 2.28. The average Bonchev–Trinajstić information content (AvgIpc) is 2.34. The minimum absolute atomic E-state index is 0.0388. The first kappa shape index (κ1) is 15.0. The zero-order chi connectivity index (χ0) is 13.4. The molecular formula is C11H17N3O2S2. The Labute approximate surface area is 113 Å². The maximum atomic E-state index is 11.6. The molecule has 3 N–H and O–H groups in total. The van der Waals surface area contributed by atoms with Crippen LogP contribution in [-0.2, 0) is 16.4 Å². The molecule has 0 fully saturated rings. The third-order valence-corrected chi connectivity index (χ3v) is 3.86. The Morgan fingerprint density at radius 3 is 2.83 bits per heavy atom. The summed E-state index contributed by atoms with van der Waals surface area (Å²) in [5, 5.41) is 0. The normalized spacial score (nSPS) is 11.3. The van der Waals surface area contributed by atoms with E-state index < -0.39 is 10.0 Å². The summed E-state index contributed by atoms with van der Waals surface area (Å²) in [7, 11) is -3.25. The number of sulfonamides is 1. The van der Waals surface area contributed by atoms with Crippen LogP contribution in [0.3, 0.4) is 0 Å². The van der Waals surface area contributed by atoms with Gasteiger partial charge in [-0.05, 0) is 25.0 Å². The standard InChI is InChI=1S/C11H17N3O2S2/c12-11(17)5-3-8-14-18(15,16)9-6-10-4-1-2-7-13-10/h1-2,4,7,14H,3,5-6,8-9H2,(H2,12,17). The van der Waals surface area contributed by atoms with Crippen LogP contribution in [0, 0.1) is 0 Å². The Balaban J connectivity index is 2.30. The number of pyridine rings is 1. The zero-order valence-electron chi connectivity index (χ0n) is 10.0. The molecule has 0 saturated heterocycles. The Bertz CT molecular complexity index is 474. The highest BCUT2D eigenvalue weighted by Gasteiger charge is 2.09. The van der Waals surface area contributed by atoms with Crippen LogP contribution < -0.4 is 10.5 Å². The van der Waals surface area contributed by atoms with E-state index in [4.69, 9.17) is 18.0 Å². The average molecular weight is 287 g/mol. The number of aromatic nitrogens is 1. The molecule has 0 saturated carbocycles. The molecular weight excluding hydrogens is 270 g/mol. The van der Waals surface area contributed by atoms with Gasteiger partial charge in [0.2, 0.25) is 10.0 Å². The van der Waals surface area contributed by atoms with Gasteiger partial charge in [0.25, 0.3) is 0 Å². The van der Waals surface area contributed by atoms with Crippen LogP contribution in [0.25, 0.3) is 0 Å². The van der Waals surface area contributed by atoms with E-state index in [1.165, 1.54) is 0 Å². The molecule has 0 bridgehead atoms. The molecule has 0 amide bonds. The molecule has 18 heavy (non-hydrogen) atoms. The topological polar surface area (TPSA) is 85.1 Å². The minimum Gasteiger partial charge on any atom is -0.393 e. The van der Waals surface area contributed by atoms with E-state index in [9.17, 15) is 8.42 Å². The number of hydrogen-bond donors (Lipinski definition) is 2. The van der Waals surface area contributed by atoms with Gasteiger partial charge in [0, 0.05) is 24.9 Å². The molecule has 0 aliphatic heterocycles. The smallest absolute Gasteiger partial charge is 0.211 e. The van der Waals surface area contributed by atoms with Crippen molar-refractivity contribution in [3.05, 3.63) is 30.1 Å². The van der Waals surface area contributed by atoms with Gasteiger partial charge in [-0.25, -0.2) is 13.1 Å². The molecule has 7 heteroatoms. The molecule has 1 heterocycles. The van der Waals surface area contributed by atoms with Crippen molar-refractivity contribution in [1.29, 1.82) is 0 Å². The number of nitrogens with one attached hydrogen (secondary N) is 1. The molecule has 1 aromatic heterocycles. The Hall–Kier alpha value is -1.05. The summed E-state index contributed by atoms with van der Waals surface area (Å²) in [4.78, 5) is 4.48. The van der Waals surface area contributed by atoms with E-state index in [2.05, 4.69) is 9.71 Å². The number of thiocarbonyl (C=S) groups is 1. The predicted octanol–water partition coefficient (Wildman–Crippen LogP) is 0.610. The predicted molar refractivity (Wildman–Crippen MR) is 75.7 cm³/mol. The second-order valence-electron chi connectivity index (χ2n) is 3.85. The van der Waals surface area contributed by atoms with Crippen LogP contribution in [0.1, 0.15) is 18.5 Å². The Kier molecular flexibility index (Phi) is 6.17. The summed E-state index contributed by atoms with van der Waals surface area (Å²) in [6, 6.07) is 5.44. The van der Waals surface area contributed by atoms with Crippen molar-refractivity contribution in [2.45, 2.75) is 19.3 Å². The number of nitrogens with zero attached hydrogens (tertiary/aromatic N) is 1. The maximum Gasteiger partial charge on any atom is 0.211 e. The van der Waals surface area contributed by atoms with Gasteiger partial charge in [0.05, 0.1) is 10.7 Å². The number of nitrogens with two attached hydrogens (primary N) is 1. The summed E-state index contributed by atoms with van der Waals surface area (Å²) in [6.07, 6.45) is 3.24. The van der Waals surface area contributed by atoms with Crippen LogP contribution in [0.4, 0.5) is 0 Å². The highest BCUT2D eigenvalue weighted by atomic mass is 32.2. The fourth-order valence-electron chi connectivity index (χ4n) is 1.35. The van der Waals surface area contributed by atoms with Crippen LogP contribution >= 0.6 is 12.2 Å². The molecule has 0 spiro atoms. The third kappa shape index (κ3) is 6.63. The van der Waals surface area contributed by atoms with Gasteiger partial charge in [-0.2, -0.15) is 0 Å². The second-order valence-corrected chi connectivity index (χ2v) is 6.30. The first-order valence-electron chi connectivity index (χ1n) is 5.65. The number of rotatable bonds is 8. The molecule has 0 aliphatic carbocycles. The number of aryl methyl sites for hydroxylation is 1. The molecule has 100 valence electrons. The largest absolute Gasteiger partial charge is 0.393 e. The fourth-order valence-corrected chi connectivity index (χ4v) is 2.57. The van der Waals surface area contributed by atoms with Crippen molar-refractivity contribution in [2.75, 3.05) is 12.3 Å². The van der Waals surface area contributed by atoms with Crippen LogP contribution in [0.2, 0.25) is 0 Å². The molecule has 0 radical (unpaired) electrons. The highest BCUT2D eigenvalue weighted by molar-refractivity contribution is 7.89. The molecule has 5 nitrogen and oxygen atoms in total. The van der Waals surface area contributed by atoms with Gasteiger partial charge in [-0.15, -0.1) is 0 Å². The summed E-state index contributed by atoms with van der Waals surface area (Å²) in [5.74, 6) is 0.0388. The highest BCUT2D eigenvalue weighted by Crippen LogP contribution is 1.98. The van der Waals surface area contributed by atoms with Crippen molar-refractivity contribution in [2.24, 2.45) is 5.73 Å². The van der Waals surface area contributed by atoms with Gasteiger partial charge in [-0.1, -0.05) is 18.3 Å². The molecule has 1 rings (SSSR count). The molecule has 0 atom stereocenters.